The SMILES string of the molecule is NCc1ccc(C(=O)N2CCC[C@@H](Cn3cncn3)C2)cc1. The van der Waals surface area contributed by atoms with E-state index in [4.69, 9.17) is 5.73 Å². The molecule has 1 atom stereocenters. The molecule has 116 valence electrons. The van der Waals surface area contributed by atoms with E-state index in [9.17, 15) is 4.79 Å². The van der Waals surface area contributed by atoms with Crippen LogP contribution in [0.3, 0.4) is 0 Å². The second-order valence-corrected chi connectivity index (χ2v) is 5.78. The van der Waals surface area contributed by atoms with Crippen LogP contribution in [-0.2, 0) is 13.1 Å². The predicted molar refractivity (Wildman–Crippen MR) is 83.0 cm³/mol. The van der Waals surface area contributed by atoms with Gasteiger partial charge in [0.05, 0.1) is 0 Å². The van der Waals surface area contributed by atoms with Gasteiger partial charge in [-0.15, -0.1) is 0 Å². The van der Waals surface area contributed by atoms with Crippen molar-refractivity contribution in [3.05, 3.63) is 48.0 Å². The second-order valence-electron chi connectivity index (χ2n) is 5.78. The van der Waals surface area contributed by atoms with Crippen molar-refractivity contribution in [2.24, 2.45) is 11.7 Å². The summed E-state index contributed by atoms with van der Waals surface area (Å²) in [5, 5.41) is 4.15. The van der Waals surface area contributed by atoms with Gasteiger partial charge in [-0.05, 0) is 36.5 Å². The molecule has 1 aromatic carbocycles. The average molecular weight is 299 g/mol. The van der Waals surface area contributed by atoms with E-state index in [2.05, 4.69) is 10.1 Å². The minimum absolute atomic E-state index is 0.104. The third-order valence-corrected chi connectivity index (χ3v) is 4.15. The van der Waals surface area contributed by atoms with Crippen molar-refractivity contribution in [2.75, 3.05) is 13.1 Å². The molecule has 2 N–H and O–H groups in total. The number of benzene rings is 1. The molecule has 6 heteroatoms. The highest BCUT2D eigenvalue weighted by Gasteiger charge is 2.24. The Labute approximate surface area is 129 Å². The standard InChI is InChI=1S/C16H21N5O/c17-8-13-3-5-15(6-4-13)16(22)20-7-1-2-14(9-20)10-21-12-18-11-19-21/h3-6,11-12,14H,1-2,7-10,17H2/t14-/m1/s1. The fourth-order valence-electron chi connectivity index (χ4n) is 2.96. The van der Waals surface area contributed by atoms with Crippen LogP contribution in [0.1, 0.15) is 28.8 Å². The highest BCUT2D eigenvalue weighted by atomic mass is 16.2. The molecule has 2 heterocycles. The van der Waals surface area contributed by atoms with E-state index in [1.165, 1.54) is 0 Å². The Balaban J connectivity index is 1.64. The highest BCUT2D eigenvalue weighted by Crippen LogP contribution is 2.20. The van der Waals surface area contributed by atoms with Gasteiger partial charge < -0.3 is 10.6 Å². The molecule has 0 aliphatic carbocycles. The topological polar surface area (TPSA) is 77.0 Å². The van der Waals surface area contributed by atoms with Gasteiger partial charge in [-0.1, -0.05) is 12.1 Å². The maximum atomic E-state index is 12.6. The van der Waals surface area contributed by atoms with Crippen molar-refractivity contribution < 1.29 is 4.79 Å². The molecule has 0 bridgehead atoms. The molecule has 1 saturated heterocycles. The largest absolute Gasteiger partial charge is 0.338 e. The summed E-state index contributed by atoms with van der Waals surface area (Å²) >= 11 is 0. The Morgan fingerprint density at radius 2 is 2.14 bits per heavy atom. The van der Waals surface area contributed by atoms with Crippen molar-refractivity contribution in [1.82, 2.24) is 19.7 Å². The van der Waals surface area contributed by atoms with Gasteiger partial charge in [0, 0.05) is 31.7 Å². The van der Waals surface area contributed by atoms with Crippen LogP contribution in [0.5, 0.6) is 0 Å². The normalized spacial score (nSPS) is 18.4. The zero-order valence-electron chi connectivity index (χ0n) is 12.6. The Hall–Kier alpha value is -2.21. The van der Waals surface area contributed by atoms with E-state index in [1.807, 2.05) is 33.8 Å². The number of rotatable bonds is 4. The van der Waals surface area contributed by atoms with Gasteiger partial charge in [0.1, 0.15) is 12.7 Å². The van der Waals surface area contributed by atoms with E-state index in [0.717, 1.165) is 43.6 Å². The van der Waals surface area contributed by atoms with Gasteiger partial charge in [-0.3, -0.25) is 9.48 Å². The van der Waals surface area contributed by atoms with Crippen LogP contribution in [0.4, 0.5) is 0 Å². The monoisotopic (exact) mass is 299 g/mol. The predicted octanol–water partition coefficient (Wildman–Crippen LogP) is 1.29. The molecule has 22 heavy (non-hydrogen) atoms. The first-order valence-corrected chi connectivity index (χ1v) is 7.67. The quantitative estimate of drug-likeness (QED) is 0.923. The average Bonchev–Trinajstić information content (AvgIpc) is 3.07. The number of nitrogens with zero attached hydrogens (tertiary/aromatic N) is 4. The first kappa shape index (κ1) is 14.7. The summed E-state index contributed by atoms with van der Waals surface area (Å²) in [6.07, 6.45) is 5.43. The number of carbonyl (C=O) groups excluding carboxylic acids is 1. The number of piperidine rings is 1. The second kappa shape index (κ2) is 6.70. The molecule has 1 aliphatic rings. The molecule has 1 fully saturated rings. The highest BCUT2D eigenvalue weighted by molar-refractivity contribution is 5.94. The van der Waals surface area contributed by atoms with Crippen LogP contribution in [0.2, 0.25) is 0 Å². The van der Waals surface area contributed by atoms with Gasteiger partial charge in [0.15, 0.2) is 0 Å². The van der Waals surface area contributed by atoms with E-state index in [0.29, 0.717) is 12.5 Å². The van der Waals surface area contributed by atoms with Crippen molar-refractivity contribution in [1.29, 1.82) is 0 Å². The number of likely N-dealkylation sites (tertiary alicyclic amines) is 1. The zero-order valence-corrected chi connectivity index (χ0v) is 12.6. The molecule has 1 aromatic heterocycles. The fraction of sp³-hybridized carbons (Fsp3) is 0.438. The Morgan fingerprint density at radius 1 is 1.32 bits per heavy atom. The van der Waals surface area contributed by atoms with Crippen molar-refractivity contribution in [2.45, 2.75) is 25.9 Å². The Morgan fingerprint density at radius 3 is 2.82 bits per heavy atom. The van der Waals surface area contributed by atoms with Crippen molar-refractivity contribution in [3.63, 3.8) is 0 Å². The zero-order chi connectivity index (χ0) is 15.4. The molecule has 6 nitrogen and oxygen atoms in total. The molecule has 1 aliphatic heterocycles. The lowest BCUT2D eigenvalue weighted by molar-refractivity contribution is 0.0659. The first-order valence-electron chi connectivity index (χ1n) is 7.67. The lowest BCUT2D eigenvalue weighted by Crippen LogP contribution is -2.41. The summed E-state index contributed by atoms with van der Waals surface area (Å²) in [7, 11) is 0. The number of carbonyl (C=O) groups is 1. The number of hydrogen-bond acceptors (Lipinski definition) is 4. The molecule has 0 radical (unpaired) electrons. The van der Waals surface area contributed by atoms with Crippen molar-refractivity contribution in [3.8, 4) is 0 Å². The van der Waals surface area contributed by atoms with Gasteiger partial charge in [0.25, 0.3) is 5.91 Å². The summed E-state index contributed by atoms with van der Waals surface area (Å²) < 4.78 is 1.84. The van der Waals surface area contributed by atoms with Crippen LogP contribution < -0.4 is 5.73 Å². The van der Waals surface area contributed by atoms with Crippen molar-refractivity contribution >= 4 is 5.91 Å². The molecule has 3 rings (SSSR count). The number of aromatic nitrogens is 3. The maximum Gasteiger partial charge on any atom is 0.253 e. The third-order valence-electron chi connectivity index (χ3n) is 4.15. The van der Waals surface area contributed by atoms with Crippen LogP contribution in [-0.4, -0.2) is 38.7 Å². The van der Waals surface area contributed by atoms with Gasteiger partial charge in [0.2, 0.25) is 0 Å². The Bertz CT molecular complexity index is 608. The van der Waals surface area contributed by atoms with Crippen LogP contribution >= 0.6 is 0 Å². The fourth-order valence-corrected chi connectivity index (χ4v) is 2.96. The van der Waals surface area contributed by atoms with E-state index in [-0.39, 0.29) is 5.91 Å². The van der Waals surface area contributed by atoms with E-state index < -0.39 is 0 Å². The minimum atomic E-state index is 0.104. The summed E-state index contributed by atoms with van der Waals surface area (Å²) in [6.45, 7) is 2.91. The van der Waals surface area contributed by atoms with Crippen LogP contribution in [0.15, 0.2) is 36.9 Å². The van der Waals surface area contributed by atoms with Gasteiger partial charge in [-0.2, -0.15) is 5.10 Å². The number of hydrogen-bond donors (Lipinski definition) is 1. The van der Waals surface area contributed by atoms with Gasteiger partial charge >= 0.3 is 0 Å². The number of amides is 1. The van der Waals surface area contributed by atoms with E-state index >= 15 is 0 Å². The summed E-state index contributed by atoms with van der Waals surface area (Å²) in [4.78, 5) is 18.5. The van der Waals surface area contributed by atoms with E-state index in [1.54, 1.807) is 12.7 Å². The molecular weight excluding hydrogens is 278 g/mol. The first-order chi connectivity index (χ1) is 10.8. The smallest absolute Gasteiger partial charge is 0.253 e. The molecule has 1 amide bonds. The molecule has 2 aromatic rings. The maximum absolute atomic E-state index is 12.6. The molecule has 0 saturated carbocycles. The summed E-state index contributed by atoms with van der Waals surface area (Å²) in [5.74, 6) is 0.537. The third kappa shape index (κ3) is 3.33. The molecule has 0 spiro atoms. The Kier molecular flexibility index (Phi) is 4.48. The lowest BCUT2D eigenvalue weighted by atomic mass is 9.97. The van der Waals surface area contributed by atoms with Crippen LogP contribution in [0.25, 0.3) is 0 Å². The summed E-state index contributed by atoms with van der Waals surface area (Å²) in [5.41, 5.74) is 7.37. The van der Waals surface area contributed by atoms with Gasteiger partial charge in [-0.25, -0.2) is 4.98 Å². The van der Waals surface area contributed by atoms with Crippen LogP contribution in [0, 0.1) is 5.92 Å². The number of nitrogens with two attached hydrogens (primary N) is 1. The minimum Gasteiger partial charge on any atom is -0.338 e. The molecule has 0 unspecified atom stereocenters. The summed E-state index contributed by atoms with van der Waals surface area (Å²) in [6, 6.07) is 7.57. The molecular formula is C16H21N5O. The lowest BCUT2D eigenvalue weighted by Gasteiger charge is -2.32.